The van der Waals surface area contributed by atoms with E-state index in [9.17, 15) is 34.3 Å². The molecular formula is C16H28N3O10P. The van der Waals surface area contributed by atoms with Gasteiger partial charge in [-0.25, -0.2) is 0 Å². The molecule has 2 rings (SSSR count). The van der Waals surface area contributed by atoms with Gasteiger partial charge in [-0.1, -0.05) is 0 Å². The molecule has 14 heteroatoms. The number of methoxy groups -OCH3 is 1. The molecule has 0 radical (unpaired) electrons. The summed E-state index contributed by atoms with van der Waals surface area (Å²) in [6, 6.07) is -2.00. The minimum atomic E-state index is -4.13. The van der Waals surface area contributed by atoms with Gasteiger partial charge in [-0.3, -0.25) is 0 Å². The summed E-state index contributed by atoms with van der Waals surface area (Å²) >= 11 is 0. The second-order valence-electron chi connectivity index (χ2n) is 7.84. The maximum absolute atomic E-state index is 12.6. The third-order valence-corrected chi connectivity index (χ3v) is 6.80. The normalized spacial score (nSPS) is 28.4. The van der Waals surface area contributed by atoms with Crippen LogP contribution in [0.3, 0.4) is 0 Å². The first-order chi connectivity index (χ1) is 13.9. The van der Waals surface area contributed by atoms with Crippen LogP contribution in [0.1, 0.15) is 26.7 Å². The van der Waals surface area contributed by atoms with Gasteiger partial charge in [-0.2, -0.15) is 0 Å². The number of amides is 2. The van der Waals surface area contributed by atoms with Crippen LogP contribution < -0.4 is 10.4 Å². The number of nitrogens with one attached hydrogen (secondary N) is 2. The third kappa shape index (κ3) is 5.76. The van der Waals surface area contributed by atoms with Crippen molar-refractivity contribution in [2.75, 3.05) is 26.8 Å². The van der Waals surface area contributed by atoms with E-state index < -0.39 is 55.6 Å². The molecule has 0 aromatic heterocycles. The Labute approximate surface area is 173 Å². The number of esters is 1. The zero-order chi connectivity index (χ0) is 22.7. The van der Waals surface area contributed by atoms with Gasteiger partial charge in [0, 0.05) is 0 Å². The molecule has 2 aliphatic rings. The molecule has 0 aliphatic carbocycles. The fourth-order valence-electron chi connectivity index (χ4n) is 3.32. The van der Waals surface area contributed by atoms with Crippen molar-refractivity contribution >= 4 is 32.0 Å². The Morgan fingerprint density at radius 2 is 1.93 bits per heavy atom. The SMILES string of the molecule is COC(=O)CCNC(=O)[C@@H]1O[PH](O)(N[C@@H]2C[C@H](C(=O)O)N(C(=O)O)C2)OCC1(C)C. The van der Waals surface area contributed by atoms with E-state index in [1.165, 1.54) is 7.11 Å². The first-order valence-corrected chi connectivity index (χ1v) is 11.0. The summed E-state index contributed by atoms with van der Waals surface area (Å²) in [6.45, 7) is 3.21. The van der Waals surface area contributed by atoms with Gasteiger partial charge < -0.3 is 0 Å². The van der Waals surface area contributed by atoms with Gasteiger partial charge in [0.15, 0.2) is 0 Å². The summed E-state index contributed by atoms with van der Waals surface area (Å²) in [6.07, 6.45) is -2.63. The molecular weight excluding hydrogens is 425 g/mol. The predicted molar refractivity (Wildman–Crippen MR) is 102 cm³/mol. The quantitative estimate of drug-likeness (QED) is 0.243. The number of rotatable bonds is 7. The van der Waals surface area contributed by atoms with Crippen molar-refractivity contribution in [1.82, 2.24) is 15.3 Å². The molecule has 0 unspecified atom stereocenters. The van der Waals surface area contributed by atoms with Gasteiger partial charge in [-0.05, 0) is 0 Å². The average Bonchev–Trinajstić information content (AvgIpc) is 3.08. The van der Waals surface area contributed by atoms with Crippen LogP contribution in [-0.4, -0.2) is 88.9 Å². The van der Waals surface area contributed by atoms with Gasteiger partial charge in [-0.15, -0.1) is 0 Å². The number of aliphatic carboxylic acids is 1. The molecule has 13 nitrogen and oxygen atoms in total. The van der Waals surface area contributed by atoms with Crippen molar-refractivity contribution < 1.29 is 48.1 Å². The van der Waals surface area contributed by atoms with Crippen LogP contribution >= 0.6 is 8.09 Å². The third-order valence-electron chi connectivity index (χ3n) is 4.94. The van der Waals surface area contributed by atoms with E-state index >= 15 is 0 Å². The molecule has 3 atom stereocenters. The molecule has 0 aromatic rings. The standard InChI is InChI=1S/C16H28N3O10P/c1-16(2)8-28-30(26,29-12(16)13(21)17-5-4-11(20)27-3)18-9-6-10(14(22)23)19(7-9)15(24)25/h9-10,12,18,26,30H,4-8H2,1-3H3,(H,17,21)(H,22,23)(H,24,25)/t9-,10-,12+/m1/s1. The molecule has 0 spiro atoms. The molecule has 5 N–H and O–H groups in total. The van der Waals surface area contributed by atoms with Crippen molar-refractivity contribution in [1.29, 1.82) is 0 Å². The topological polar surface area (TPSA) is 184 Å². The molecule has 2 aliphatic heterocycles. The Hall–Kier alpha value is -2.05. The number of carbonyl (C=O) groups is 4. The van der Waals surface area contributed by atoms with Crippen LogP contribution in [-0.2, 0) is 28.2 Å². The molecule has 2 fully saturated rings. The van der Waals surface area contributed by atoms with Crippen LogP contribution in [0, 0.1) is 5.41 Å². The van der Waals surface area contributed by atoms with E-state index in [0.717, 1.165) is 4.90 Å². The fraction of sp³-hybridized carbons (Fsp3) is 0.750. The number of carbonyl (C=O) groups excluding carboxylic acids is 2. The van der Waals surface area contributed by atoms with Crippen molar-refractivity contribution in [3.8, 4) is 0 Å². The summed E-state index contributed by atoms with van der Waals surface area (Å²) in [5.41, 5.74) is -0.803. The molecule has 0 saturated carbocycles. The monoisotopic (exact) mass is 453 g/mol. The predicted octanol–water partition coefficient (Wildman–Crippen LogP) is -0.695. The summed E-state index contributed by atoms with van der Waals surface area (Å²) in [7, 11) is -2.90. The van der Waals surface area contributed by atoms with E-state index in [-0.39, 0.29) is 32.5 Å². The summed E-state index contributed by atoms with van der Waals surface area (Å²) in [5.74, 6) is -2.35. The Balaban J connectivity index is 2.03. The van der Waals surface area contributed by atoms with Crippen LogP contribution in [0.15, 0.2) is 0 Å². The molecule has 2 saturated heterocycles. The van der Waals surface area contributed by atoms with Gasteiger partial charge in [0.1, 0.15) is 0 Å². The molecule has 0 bridgehead atoms. The minimum absolute atomic E-state index is 0.0200. The first-order valence-electron chi connectivity index (χ1n) is 9.27. The molecule has 2 heterocycles. The van der Waals surface area contributed by atoms with E-state index in [4.69, 9.17) is 9.05 Å². The van der Waals surface area contributed by atoms with Crippen molar-refractivity contribution in [2.45, 2.75) is 44.9 Å². The number of hydrogen-bond acceptors (Lipinski definition) is 9. The molecule has 0 aromatic carbocycles. The van der Waals surface area contributed by atoms with E-state index in [2.05, 4.69) is 15.1 Å². The number of ether oxygens (including phenoxy) is 1. The zero-order valence-electron chi connectivity index (χ0n) is 16.9. The molecule has 172 valence electrons. The Morgan fingerprint density at radius 3 is 2.47 bits per heavy atom. The number of carboxylic acids is 1. The summed E-state index contributed by atoms with van der Waals surface area (Å²) < 4.78 is 15.6. The maximum atomic E-state index is 12.6. The van der Waals surface area contributed by atoms with Gasteiger partial charge >= 0.3 is 173 Å². The van der Waals surface area contributed by atoms with Crippen molar-refractivity contribution in [2.24, 2.45) is 5.41 Å². The van der Waals surface area contributed by atoms with Gasteiger partial charge in [0.25, 0.3) is 0 Å². The first kappa shape index (κ1) is 24.2. The Kier molecular flexibility index (Phi) is 7.59. The number of carboxylic acid groups (broad SMARTS) is 2. The van der Waals surface area contributed by atoms with Gasteiger partial charge in [0.2, 0.25) is 0 Å². The Morgan fingerprint density at radius 1 is 1.27 bits per heavy atom. The average molecular weight is 453 g/mol. The van der Waals surface area contributed by atoms with E-state index in [1.807, 2.05) is 0 Å². The molecule has 2 amide bonds. The number of likely N-dealkylation sites (tertiary alicyclic amines) is 1. The van der Waals surface area contributed by atoms with Crippen LogP contribution in [0.25, 0.3) is 0 Å². The van der Waals surface area contributed by atoms with Gasteiger partial charge in [0.05, 0.1) is 0 Å². The fourth-order valence-corrected chi connectivity index (χ4v) is 5.58. The summed E-state index contributed by atoms with van der Waals surface area (Å²) in [4.78, 5) is 57.9. The zero-order valence-corrected chi connectivity index (χ0v) is 17.9. The van der Waals surface area contributed by atoms with Crippen LogP contribution in [0.4, 0.5) is 4.79 Å². The number of hydrogen-bond donors (Lipinski definition) is 5. The van der Waals surface area contributed by atoms with Crippen molar-refractivity contribution in [3.05, 3.63) is 0 Å². The second-order valence-corrected chi connectivity index (χ2v) is 9.82. The van der Waals surface area contributed by atoms with Crippen LogP contribution in [0.5, 0.6) is 0 Å². The van der Waals surface area contributed by atoms with E-state index in [1.54, 1.807) is 13.8 Å². The number of nitrogens with zero attached hydrogens (tertiary/aromatic N) is 1. The molecule has 30 heavy (non-hydrogen) atoms. The second kappa shape index (κ2) is 9.40. The Bertz CT molecular complexity index is 683. The summed E-state index contributed by atoms with van der Waals surface area (Å²) in [5, 5.41) is 23.6. The van der Waals surface area contributed by atoms with E-state index in [0.29, 0.717) is 0 Å². The van der Waals surface area contributed by atoms with Crippen LogP contribution in [0.2, 0.25) is 0 Å². The van der Waals surface area contributed by atoms with Crippen molar-refractivity contribution in [3.63, 3.8) is 0 Å².